The van der Waals surface area contributed by atoms with E-state index in [1.165, 1.54) is 0 Å². The van der Waals surface area contributed by atoms with Crippen molar-refractivity contribution in [3.63, 3.8) is 0 Å². The topological polar surface area (TPSA) is 53.1 Å². The molecular weight excluding hydrogens is 352 g/mol. The van der Waals surface area contributed by atoms with Gasteiger partial charge in [0.1, 0.15) is 11.7 Å². The molecule has 0 saturated carbocycles. The molecule has 3 rings (SSSR count). The first-order valence-corrected chi connectivity index (χ1v) is 7.39. The lowest BCUT2D eigenvalue weighted by atomic mass is 10.2. The van der Waals surface area contributed by atoms with Crippen LogP contribution in [0.25, 0.3) is 5.65 Å². The van der Waals surface area contributed by atoms with Gasteiger partial charge in [0.25, 0.3) is 0 Å². The third-order valence-corrected chi connectivity index (χ3v) is 3.73. The molecule has 0 saturated heterocycles. The van der Waals surface area contributed by atoms with Crippen molar-refractivity contribution in [1.82, 2.24) is 9.38 Å². The van der Waals surface area contributed by atoms with E-state index in [4.69, 9.17) is 16.9 Å². The first kappa shape index (κ1) is 13.9. The number of hydrogen-bond acceptors (Lipinski definition) is 3. The van der Waals surface area contributed by atoms with Gasteiger partial charge in [-0.2, -0.15) is 5.26 Å². The highest BCUT2D eigenvalue weighted by Gasteiger charge is 2.05. The Labute approximate surface area is 135 Å². The van der Waals surface area contributed by atoms with Crippen LogP contribution in [-0.2, 0) is 6.54 Å². The number of pyridine rings is 1. The summed E-state index contributed by atoms with van der Waals surface area (Å²) < 4.78 is 2.95. The van der Waals surface area contributed by atoms with Crippen LogP contribution in [0, 0.1) is 11.3 Å². The Bertz CT molecular complexity index is 850. The number of nitrogens with one attached hydrogen (secondary N) is 1. The molecule has 104 valence electrons. The van der Waals surface area contributed by atoms with E-state index in [0.717, 1.165) is 21.5 Å². The van der Waals surface area contributed by atoms with E-state index in [9.17, 15) is 0 Å². The Morgan fingerprint density at radius 3 is 2.95 bits per heavy atom. The molecule has 2 aromatic heterocycles. The maximum atomic E-state index is 9.11. The number of nitrogens with zero attached hydrogens (tertiary/aromatic N) is 3. The van der Waals surface area contributed by atoms with Crippen LogP contribution in [0.4, 0.5) is 5.69 Å². The molecule has 4 nitrogen and oxygen atoms in total. The Kier molecular flexibility index (Phi) is 3.82. The quantitative estimate of drug-likeness (QED) is 0.759. The fourth-order valence-electron chi connectivity index (χ4n) is 2.05. The highest BCUT2D eigenvalue weighted by molar-refractivity contribution is 9.10. The Morgan fingerprint density at radius 1 is 1.29 bits per heavy atom. The molecule has 6 heteroatoms. The maximum absolute atomic E-state index is 9.11. The summed E-state index contributed by atoms with van der Waals surface area (Å²) >= 11 is 9.31. The molecular formula is C15H10BrClN4. The largest absolute Gasteiger partial charge is 0.378 e. The van der Waals surface area contributed by atoms with E-state index in [2.05, 4.69) is 32.3 Å². The summed E-state index contributed by atoms with van der Waals surface area (Å²) in [5.41, 5.74) is 3.05. The van der Waals surface area contributed by atoms with Crippen LogP contribution in [0.5, 0.6) is 0 Å². The van der Waals surface area contributed by atoms with Crippen molar-refractivity contribution in [3.8, 4) is 6.07 Å². The van der Waals surface area contributed by atoms with Gasteiger partial charge >= 0.3 is 0 Å². The van der Waals surface area contributed by atoms with Crippen molar-refractivity contribution in [2.24, 2.45) is 0 Å². The number of rotatable bonds is 3. The molecule has 0 aliphatic rings. The number of nitriles is 1. The van der Waals surface area contributed by atoms with E-state index in [0.29, 0.717) is 17.1 Å². The second-order valence-electron chi connectivity index (χ2n) is 4.50. The fourth-order valence-corrected chi connectivity index (χ4v) is 2.58. The Morgan fingerprint density at radius 2 is 2.14 bits per heavy atom. The van der Waals surface area contributed by atoms with E-state index < -0.39 is 0 Å². The summed E-state index contributed by atoms with van der Waals surface area (Å²) in [5, 5.41) is 12.9. The number of aromatic nitrogens is 2. The lowest BCUT2D eigenvalue weighted by molar-refractivity contribution is 1.08. The van der Waals surface area contributed by atoms with Crippen molar-refractivity contribution in [3.05, 3.63) is 63.5 Å². The first-order chi connectivity index (χ1) is 10.2. The van der Waals surface area contributed by atoms with Gasteiger partial charge in [0.05, 0.1) is 23.5 Å². The minimum Gasteiger partial charge on any atom is -0.378 e. The number of halogens is 2. The monoisotopic (exact) mass is 360 g/mol. The van der Waals surface area contributed by atoms with Gasteiger partial charge in [-0.1, -0.05) is 11.6 Å². The smallest absolute Gasteiger partial charge is 0.137 e. The molecule has 3 aromatic rings. The first-order valence-electron chi connectivity index (χ1n) is 6.22. The van der Waals surface area contributed by atoms with E-state index in [1.54, 1.807) is 18.2 Å². The van der Waals surface area contributed by atoms with Gasteiger partial charge in [0.15, 0.2) is 0 Å². The number of fused-ring (bicyclic) bond motifs is 1. The Balaban J connectivity index is 1.82. The highest BCUT2D eigenvalue weighted by Crippen LogP contribution is 2.20. The summed E-state index contributed by atoms with van der Waals surface area (Å²) in [7, 11) is 0. The van der Waals surface area contributed by atoms with Gasteiger partial charge in [-0.3, -0.25) is 0 Å². The SMILES string of the molecule is N#Cc1cc(Cl)ccc1NCc1cn2cc(Br)ccc2n1. The molecule has 0 atom stereocenters. The molecule has 21 heavy (non-hydrogen) atoms. The predicted octanol–water partition coefficient (Wildman–Crippen LogP) is 4.23. The molecule has 0 aliphatic heterocycles. The van der Waals surface area contributed by atoms with Crippen molar-refractivity contribution >= 4 is 38.9 Å². The minimum absolute atomic E-state index is 0.522. The maximum Gasteiger partial charge on any atom is 0.137 e. The van der Waals surface area contributed by atoms with Crippen LogP contribution in [-0.4, -0.2) is 9.38 Å². The van der Waals surface area contributed by atoms with Crippen LogP contribution in [0.2, 0.25) is 5.02 Å². The van der Waals surface area contributed by atoms with Gasteiger partial charge in [0, 0.05) is 21.9 Å². The van der Waals surface area contributed by atoms with Crippen molar-refractivity contribution in [2.45, 2.75) is 6.54 Å². The van der Waals surface area contributed by atoms with Crippen molar-refractivity contribution in [2.75, 3.05) is 5.32 Å². The van der Waals surface area contributed by atoms with E-state index >= 15 is 0 Å². The van der Waals surface area contributed by atoms with Crippen LogP contribution >= 0.6 is 27.5 Å². The summed E-state index contributed by atoms with van der Waals surface area (Å²) in [6.07, 6.45) is 3.91. The average molecular weight is 362 g/mol. The van der Waals surface area contributed by atoms with Gasteiger partial charge in [-0.25, -0.2) is 4.98 Å². The van der Waals surface area contributed by atoms with Crippen molar-refractivity contribution < 1.29 is 0 Å². The molecule has 2 heterocycles. The average Bonchev–Trinajstić information content (AvgIpc) is 2.87. The molecule has 0 radical (unpaired) electrons. The van der Waals surface area contributed by atoms with Gasteiger partial charge in [-0.05, 0) is 46.3 Å². The Hall–Kier alpha value is -2.03. The molecule has 0 bridgehead atoms. The summed E-state index contributed by atoms with van der Waals surface area (Å²) in [6, 6.07) is 11.2. The lowest BCUT2D eigenvalue weighted by Crippen LogP contribution is -2.01. The molecule has 1 N–H and O–H groups in total. The van der Waals surface area contributed by atoms with Gasteiger partial charge < -0.3 is 9.72 Å². The van der Waals surface area contributed by atoms with Crippen molar-refractivity contribution in [1.29, 1.82) is 5.26 Å². The van der Waals surface area contributed by atoms with Gasteiger partial charge in [0.2, 0.25) is 0 Å². The molecule has 0 amide bonds. The zero-order valence-corrected chi connectivity index (χ0v) is 13.2. The van der Waals surface area contributed by atoms with Crippen LogP contribution in [0.15, 0.2) is 47.2 Å². The second-order valence-corrected chi connectivity index (χ2v) is 5.85. The van der Waals surface area contributed by atoms with Crippen LogP contribution in [0.1, 0.15) is 11.3 Å². The normalized spacial score (nSPS) is 10.5. The van der Waals surface area contributed by atoms with Crippen LogP contribution in [0.3, 0.4) is 0 Å². The van der Waals surface area contributed by atoms with E-state index in [1.807, 2.05) is 28.9 Å². The third kappa shape index (κ3) is 3.02. The predicted molar refractivity (Wildman–Crippen MR) is 86.4 cm³/mol. The summed E-state index contributed by atoms with van der Waals surface area (Å²) in [4.78, 5) is 4.51. The van der Waals surface area contributed by atoms with Gasteiger partial charge in [-0.15, -0.1) is 0 Å². The van der Waals surface area contributed by atoms with Crippen LogP contribution < -0.4 is 5.32 Å². The highest BCUT2D eigenvalue weighted by atomic mass is 79.9. The molecule has 0 unspecified atom stereocenters. The minimum atomic E-state index is 0.522. The second kappa shape index (κ2) is 5.76. The lowest BCUT2D eigenvalue weighted by Gasteiger charge is -2.06. The summed E-state index contributed by atoms with van der Waals surface area (Å²) in [5.74, 6) is 0. The molecule has 1 aromatic carbocycles. The molecule has 0 aliphatic carbocycles. The number of benzene rings is 1. The molecule has 0 fully saturated rings. The zero-order chi connectivity index (χ0) is 14.8. The third-order valence-electron chi connectivity index (χ3n) is 3.03. The number of imidazole rings is 1. The zero-order valence-electron chi connectivity index (χ0n) is 10.8. The summed E-state index contributed by atoms with van der Waals surface area (Å²) in [6.45, 7) is 0.537. The molecule has 0 spiro atoms. The van der Waals surface area contributed by atoms with E-state index in [-0.39, 0.29) is 0 Å². The number of anilines is 1. The fraction of sp³-hybridized carbons (Fsp3) is 0.0667. The standard InChI is InChI=1S/C15H10BrClN4/c16-11-1-4-15-20-13(9-21(15)8-11)7-19-14-3-2-12(17)5-10(14)6-18/h1-5,8-9,19H,7H2. The number of hydrogen-bond donors (Lipinski definition) is 1.